The summed E-state index contributed by atoms with van der Waals surface area (Å²) in [5, 5.41) is 0. The molecular weight excluding hydrogens is 178 g/mol. The van der Waals surface area contributed by atoms with E-state index in [1.807, 2.05) is 0 Å². The number of hydrogen-bond donors (Lipinski definition) is 0. The van der Waals surface area contributed by atoms with Gasteiger partial charge in [-0.05, 0) is 0 Å². The molecule has 0 fully saturated rings. The van der Waals surface area contributed by atoms with Gasteiger partial charge < -0.3 is 37.2 Å². The molecular formula is C2H5Cl3Ti. The molecule has 0 aromatic heterocycles. The molecule has 0 amide bonds. The zero-order valence-electron chi connectivity index (χ0n) is 6.71. The summed E-state index contributed by atoms with van der Waals surface area (Å²) in [5.41, 5.74) is 0. The van der Waals surface area contributed by atoms with E-state index in [2.05, 4.69) is 0 Å². The molecule has 0 unspecified atom stereocenters. The Bertz CT molecular complexity index is 39.5. The molecule has 4 heteroatoms. The second kappa shape index (κ2) is 81.8. The first kappa shape index (κ1) is 7.58. The fourth-order valence-electron chi connectivity index (χ4n) is 0. The van der Waals surface area contributed by atoms with Crippen LogP contribution in [0.3, 0.4) is 0 Å². The van der Waals surface area contributed by atoms with Crippen LogP contribution in [0.2, 0.25) is 0 Å². The van der Waals surface area contributed by atoms with Crippen molar-refractivity contribution in [3.8, 4) is 0 Å². The molecule has 2 radical (unpaired) electrons. The van der Waals surface area contributed by atoms with Gasteiger partial charge in [-0.15, -0.1) is 0 Å². The van der Waals surface area contributed by atoms with Gasteiger partial charge in [0.2, 0.25) is 0 Å². The number of hydrogen-bond acceptors (Lipinski definition) is 0. The third-order valence-electron chi connectivity index (χ3n) is 0. The van der Waals surface area contributed by atoms with E-state index in [9.17, 15) is 0 Å². The molecule has 0 aromatic rings. The summed E-state index contributed by atoms with van der Waals surface area (Å²) in [6, 6.07) is 0. The van der Waals surface area contributed by atoms with E-state index < -0.39 is 13.8 Å². The van der Waals surface area contributed by atoms with E-state index in [-0.39, 0.29) is 58.9 Å². The van der Waals surface area contributed by atoms with Crippen molar-refractivity contribution < 1.29 is 64.4 Å². The van der Waals surface area contributed by atoms with Gasteiger partial charge in [0.15, 0.2) is 0 Å². The zero-order chi connectivity index (χ0) is 5.15. The Kier molecular flexibility index (Phi) is 103. The smallest absolute Gasteiger partial charge is 1.00 e. The van der Waals surface area contributed by atoms with Gasteiger partial charge in [0.1, 0.15) is 0 Å². The van der Waals surface area contributed by atoms with Crippen molar-refractivity contribution in [3.05, 3.63) is 6.88 Å². The molecule has 6 heavy (non-hydrogen) atoms. The van der Waals surface area contributed by atoms with Gasteiger partial charge in [-0.1, -0.05) is 13.8 Å². The van der Waals surface area contributed by atoms with E-state index in [4.69, 9.17) is 5.48 Å². The SMILES string of the molecule is [2H][C]([2H])C([2H])[2H].[Cl-].[Cl-].[Cl-].[Ti+3]. The second-order valence-corrected chi connectivity index (χ2v) is 0. The summed E-state index contributed by atoms with van der Waals surface area (Å²) in [6.07, 6.45) is 0. The molecule has 0 saturated heterocycles. The summed E-state index contributed by atoms with van der Waals surface area (Å²) >= 11 is 0. The summed E-state index contributed by atoms with van der Waals surface area (Å²) < 4.78 is 25.1. The molecule has 0 bridgehead atoms. The first-order valence-electron chi connectivity index (χ1n) is 2.44. The van der Waals surface area contributed by atoms with E-state index in [0.29, 0.717) is 0 Å². The van der Waals surface area contributed by atoms with Crippen LogP contribution in [0.5, 0.6) is 0 Å². The fourth-order valence-corrected chi connectivity index (χ4v) is 0. The zero-order valence-corrected chi connectivity index (χ0v) is 6.54. The van der Waals surface area contributed by atoms with Crippen molar-refractivity contribution in [2.75, 3.05) is 0 Å². The molecule has 0 rings (SSSR count). The van der Waals surface area contributed by atoms with Crippen LogP contribution < -0.4 is 37.2 Å². The van der Waals surface area contributed by atoms with Gasteiger partial charge in [-0.3, -0.25) is 0 Å². The molecule has 0 aliphatic carbocycles. The van der Waals surface area contributed by atoms with Gasteiger partial charge in [0.25, 0.3) is 0 Å². The van der Waals surface area contributed by atoms with Gasteiger partial charge in [-0.2, -0.15) is 0 Å². The average Bonchev–Trinajstić information content (AvgIpc) is 1.36. The first-order chi connectivity index (χ1) is 2.64. The second-order valence-electron chi connectivity index (χ2n) is 0. The minimum atomic E-state index is -1.40. The Balaban J connectivity index is -0.0000000208. The number of rotatable bonds is 0. The third kappa shape index (κ3) is 46.8. The molecule has 38 valence electrons. The van der Waals surface area contributed by atoms with Crippen LogP contribution >= 0.6 is 0 Å². The van der Waals surface area contributed by atoms with Crippen LogP contribution in [0.15, 0.2) is 0 Å². The first-order valence-corrected chi connectivity index (χ1v) is 0.289. The van der Waals surface area contributed by atoms with Crippen LogP contribution in [0.25, 0.3) is 0 Å². The standard InChI is InChI=1S/C2H5.3ClH.Ti/c1-2;;;;/h1H2,2H3;3*1H;/q;;;;+3/p-3/i1D2,2D2;;;;. The maximum Gasteiger partial charge on any atom is 3.00 e. The van der Waals surface area contributed by atoms with Crippen LogP contribution in [0.1, 0.15) is 12.4 Å². The van der Waals surface area contributed by atoms with Crippen LogP contribution in [-0.4, -0.2) is 0 Å². The predicted molar refractivity (Wildman–Crippen MR) is 11.0 cm³/mol. The van der Waals surface area contributed by atoms with Gasteiger partial charge in [0.05, 0.1) is 0 Å². The number of halogens is 3. The Hall–Kier alpha value is 1.58. The maximum atomic E-state index is 6.29. The fraction of sp³-hybridized carbons (Fsp3) is 0.500. The summed E-state index contributed by atoms with van der Waals surface area (Å²) in [4.78, 5) is 0. The molecule has 0 atom stereocenters. The van der Waals surface area contributed by atoms with E-state index in [1.54, 1.807) is 0 Å². The van der Waals surface area contributed by atoms with Crippen molar-refractivity contribution >= 4 is 0 Å². The minimum absolute atomic E-state index is 0. The molecule has 0 aromatic carbocycles. The monoisotopic (exact) mass is 186 g/mol. The van der Waals surface area contributed by atoms with Crippen LogP contribution in [0, 0.1) is 6.88 Å². The normalized spacial score (nSPS) is 11.7. The van der Waals surface area contributed by atoms with E-state index in [0.717, 1.165) is 0 Å². The summed E-state index contributed by atoms with van der Waals surface area (Å²) in [7, 11) is 0. The average molecular weight is 187 g/mol. The van der Waals surface area contributed by atoms with E-state index >= 15 is 0 Å². The largest absolute Gasteiger partial charge is 3.00 e. The van der Waals surface area contributed by atoms with E-state index in [1.165, 1.54) is 0 Å². The summed E-state index contributed by atoms with van der Waals surface area (Å²) in [6.45, 7) is -2.06. The minimum Gasteiger partial charge on any atom is -1.00 e. The molecule has 0 spiro atoms. The predicted octanol–water partition coefficient (Wildman–Crippen LogP) is -8.15. The maximum absolute atomic E-state index is 6.29. The Morgan fingerprint density at radius 3 is 1.67 bits per heavy atom. The molecule has 0 heterocycles. The Morgan fingerprint density at radius 1 is 1.50 bits per heavy atom. The molecule has 0 nitrogen and oxygen atoms in total. The van der Waals surface area contributed by atoms with Crippen molar-refractivity contribution in [2.24, 2.45) is 0 Å². The van der Waals surface area contributed by atoms with Crippen LogP contribution in [0.4, 0.5) is 0 Å². The van der Waals surface area contributed by atoms with Gasteiger partial charge >= 0.3 is 21.7 Å². The van der Waals surface area contributed by atoms with Crippen LogP contribution in [-0.2, 0) is 21.7 Å². The molecule has 0 saturated carbocycles. The van der Waals surface area contributed by atoms with Crippen molar-refractivity contribution in [1.29, 1.82) is 0 Å². The van der Waals surface area contributed by atoms with Gasteiger partial charge in [-0.25, -0.2) is 0 Å². The van der Waals surface area contributed by atoms with Gasteiger partial charge in [0, 0.05) is 5.48 Å². The topological polar surface area (TPSA) is 0 Å². The van der Waals surface area contributed by atoms with Crippen molar-refractivity contribution in [1.82, 2.24) is 0 Å². The Morgan fingerprint density at radius 2 is 1.67 bits per heavy atom. The quantitative estimate of drug-likeness (QED) is 0.331. The summed E-state index contributed by atoms with van der Waals surface area (Å²) in [5.74, 6) is 0. The van der Waals surface area contributed by atoms with Crippen molar-refractivity contribution in [3.63, 3.8) is 0 Å². The van der Waals surface area contributed by atoms with Crippen molar-refractivity contribution in [2.45, 2.75) is 6.88 Å². The molecule has 0 N–H and O–H groups in total. The third-order valence-corrected chi connectivity index (χ3v) is 0. The molecule has 0 aliphatic rings. The Labute approximate surface area is 78.2 Å². The molecule has 0 aliphatic heterocycles.